The predicted molar refractivity (Wildman–Crippen MR) is 79.8 cm³/mol. The smallest absolute Gasteiger partial charge is 0.133 e. The van der Waals surface area contributed by atoms with Crippen molar-refractivity contribution in [3.63, 3.8) is 0 Å². The summed E-state index contributed by atoms with van der Waals surface area (Å²) in [4.78, 5) is 1.24. The second-order valence-electron chi connectivity index (χ2n) is 4.59. The van der Waals surface area contributed by atoms with E-state index in [0.717, 1.165) is 11.5 Å². The molecular formula is C16H17NOS. The molecule has 2 aromatic carbocycles. The topological polar surface area (TPSA) is 21.3 Å². The van der Waals surface area contributed by atoms with Crippen LogP contribution in [0.15, 0.2) is 59.5 Å². The van der Waals surface area contributed by atoms with E-state index in [1.807, 2.05) is 37.0 Å². The van der Waals surface area contributed by atoms with E-state index in [9.17, 15) is 0 Å². The lowest BCUT2D eigenvalue weighted by molar-refractivity contribution is 0.171. The second kappa shape index (κ2) is 5.68. The van der Waals surface area contributed by atoms with Crippen molar-refractivity contribution in [2.45, 2.75) is 17.0 Å². The number of fused-ring (bicyclic) bond motifs is 1. The number of likely N-dealkylation sites (N-methyl/N-ethyl adjacent to an activating group) is 1. The molecule has 1 N–H and O–H groups in total. The molecule has 3 heteroatoms. The van der Waals surface area contributed by atoms with Gasteiger partial charge in [0.2, 0.25) is 0 Å². The molecule has 0 aromatic heterocycles. The number of thioether (sulfide) groups is 1. The number of hydrogen-bond acceptors (Lipinski definition) is 3. The third-order valence-electron chi connectivity index (χ3n) is 3.37. The van der Waals surface area contributed by atoms with Gasteiger partial charge < -0.3 is 10.1 Å². The molecule has 3 rings (SSSR count). The summed E-state index contributed by atoms with van der Waals surface area (Å²) in [5, 5.41) is 3.38. The van der Waals surface area contributed by atoms with Crippen LogP contribution in [0.5, 0.6) is 5.75 Å². The quantitative estimate of drug-likeness (QED) is 0.923. The molecule has 0 saturated heterocycles. The lowest BCUT2D eigenvalue weighted by Crippen LogP contribution is -2.37. The van der Waals surface area contributed by atoms with Crippen LogP contribution < -0.4 is 10.1 Å². The van der Waals surface area contributed by atoms with Gasteiger partial charge in [-0.05, 0) is 24.7 Å². The molecule has 0 fully saturated rings. The van der Waals surface area contributed by atoms with Gasteiger partial charge in [0.15, 0.2) is 0 Å². The molecule has 0 radical (unpaired) electrons. The summed E-state index contributed by atoms with van der Waals surface area (Å²) < 4.78 is 6.16. The average Bonchev–Trinajstić information content (AvgIpc) is 2.49. The maximum Gasteiger partial charge on any atom is 0.133 e. The Balaban J connectivity index is 1.83. The van der Waals surface area contributed by atoms with Gasteiger partial charge in [-0.1, -0.05) is 42.5 Å². The summed E-state index contributed by atoms with van der Waals surface area (Å²) in [6.45, 7) is 0. The number of nitrogens with one attached hydrogen (secondary N) is 1. The first-order chi connectivity index (χ1) is 9.38. The van der Waals surface area contributed by atoms with Gasteiger partial charge in [0.05, 0.1) is 6.04 Å². The third kappa shape index (κ3) is 2.62. The molecule has 2 nitrogen and oxygen atoms in total. The minimum atomic E-state index is 0.160. The summed E-state index contributed by atoms with van der Waals surface area (Å²) in [6, 6.07) is 19.0. The Morgan fingerprint density at radius 2 is 1.84 bits per heavy atom. The highest BCUT2D eigenvalue weighted by atomic mass is 32.2. The van der Waals surface area contributed by atoms with E-state index in [1.165, 1.54) is 10.5 Å². The van der Waals surface area contributed by atoms with Crippen LogP contribution >= 0.6 is 11.8 Å². The Morgan fingerprint density at radius 1 is 1.11 bits per heavy atom. The first-order valence-corrected chi connectivity index (χ1v) is 7.48. The number of rotatable bonds is 3. The van der Waals surface area contributed by atoms with Gasteiger partial charge in [-0.15, -0.1) is 11.8 Å². The first-order valence-electron chi connectivity index (χ1n) is 6.49. The van der Waals surface area contributed by atoms with Gasteiger partial charge in [0, 0.05) is 10.6 Å². The van der Waals surface area contributed by atoms with Gasteiger partial charge in [-0.3, -0.25) is 0 Å². The van der Waals surface area contributed by atoms with E-state index in [4.69, 9.17) is 4.74 Å². The highest BCUT2D eigenvalue weighted by Crippen LogP contribution is 2.38. The van der Waals surface area contributed by atoms with Crippen LogP contribution in [-0.4, -0.2) is 18.9 Å². The Morgan fingerprint density at radius 3 is 2.63 bits per heavy atom. The van der Waals surface area contributed by atoms with E-state index in [1.54, 1.807) is 0 Å². The number of hydrogen-bond donors (Lipinski definition) is 1. The fourth-order valence-electron chi connectivity index (χ4n) is 2.43. The Labute approximate surface area is 118 Å². The maximum atomic E-state index is 6.16. The van der Waals surface area contributed by atoms with E-state index in [2.05, 4.69) is 41.7 Å². The molecule has 19 heavy (non-hydrogen) atoms. The maximum absolute atomic E-state index is 6.16. The van der Waals surface area contributed by atoms with Crippen molar-refractivity contribution >= 4 is 11.8 Å². The molecule has 2 aromatic rings. The zero-order valence-corrected chi connectivity index (χ0v) is 11.7. The van der Waals surface area contributed by atoms with Crippen molar-refractivity contribution < 1.29 is 4.74 Å². The van der Waals surface area contributed by atoms with Gasteiger partial charge in [0.1, 0.15) is 11.9 Å². The van der Waals surface area contributed by atoms with Crippen molar-refractivity contribution in [1.82, 2.24) is 5.32 Å². The summed E-state index contributed by atoms with van der Waals surface area (Å²) in [7, 11) is 1.99. The monoisotopic (exact) mass is 271 g/mol. The zero-order chi connectivity index (χ0) is 13.1. The molecule has 98 valence electrons. The summed E-state index contributed by atoms with van der Waals surface area (Å²) >= 11 is 1.87. The van der Waals surface area contributed by atoms with Crippen molar-refractivity contribution in [2.24, 2.45) is 0 Å². The van der Waals surface area contributed by atoms with Crippen LogP contribution in [-0.2, 0) is 0 Å². The van der Waals surface area contributed by atoms with Crippen LogP contribution in [0.4, 0.5) is 0 Å². The standard InChI is InChI=1S/C16H17NOS/c1-17-16(12-7-3-2-4-8-12)14-11-19-15-10-6-5-9-13(15)18-14/h2-10,14,16-17H,11H2,1H3. The Bertz CT molecular complexity index is 543. The van der Waals surface area contributed by atoms with Gasteiger partial charge in [-0.25, -0.2) is 0 Å². The largest absolute Gasteiger partial charge is 0.486 e. The van der Waals surface area contributed by atoms with Crippen molar-refractivity contribution in [2.75, 3.05) is 12.8 Å². The minimum Gasteiger partial charge on any atom is -0.486 e. The first kappa shape index (κ1) is 12.6. The fraction of sp³-hybridized carbons (Fsp3) is 0.250. The minimum absolute atomic E-state index is 0.160. The molecule has 0 bridgehead atoms. The molecule has 2 unspecified atom stereocenters. The van der Waals surface area contributed by atoms with E-state index >= 15 is 0 Å². The van der Waals surface area contributed by atoms with Gasteiger partial charge >= 0.3 is 0 Å². The lowest BCUT2D eigenvalue weighted by Gasteiger charge is -2.32. The molecule has 0 amide bonds. The number of ether oxygens (including phenoxy) is 1. The van der Waals surface area contributed by atoms with Crippen LogP contribution in [0.1, 0.15) is 11.6 Å². The Kier molecular flexibility index (Phi) is 3.76. The average molecular weight is 271 g/mol. The summed E-state index contributed by atoms with van der Waals surface area (Å²) in [6.07, 6.45) is 0.160. The van der Waals surface area contributed by atoms with Crippen LogP contribution in [0.2, 0.25) is 0 Å². The molecule has 0 spiro atoms. The number of para-hydroxylation sites is 1. The molecular weight excluding hydrogens is 254 g/mol. The molecule has 1 heterocycles. The van der Waals surface area contributed by atoms with Crippen LogP contribution in [0.25, 0.3) is 0 Å². The molecule has 2 atom stereocenters. The second-order valence-corrected chi connectivity index (χ2v) is 5.65. The van der Waals surface area contributed by atoms with Crippen molar-refractivity contribution in [1.29, 1.82) is 0 Å². The van der Waals surface area contributed by atoms with Crippen molar-refractivity contribution in [3.05, 3.63) is 60.2 Å². The molecule has 1 aliphatic rings. The van der Waals surface area contributed by atoms with Crippen molar-refractivity contribution in [3.8, 4) is 5.75 Å². The lowest BCUT2D eigenvalue weighted by atomic mass is 10.0. The Hall–Kier alpha value is -1.45. The SMILES string of the molecule is CNC(c1ccccc1)C1CSc2ccccc2O1. The summed E-state index contributed by atoms with van der Waals surface area (Å²) in [5.74, 6) is 1.97. The molecule has 0 saturated carbocycles. The highest BCUT2D eigenvalue weighted by Gasteiger charge is 2.28. The van der Waals surface area contributed by atoms with Gasteiger partial charge in [-0.2, -0.15) is 0 Å². The highest BCUT2D eigenvalue weighted by molar-refractivity contribution is 7.99. The predicted octanol–water partition coefficient (Wildman–Crippen LogP) is 3.50. The molecule has 0 aliphatic carbocycles. The normalized spacial score (nSPS) is 19.3. The van der Waals surface area contributed by atoms with Gasteiger partial charge in [0.25, 0.3) is 0 Å². The zero-order valence-electron chi connectivity index (χ0n) is 10.9. The molecule has 1 aliphatic heterocycles. The number of benzene rings is 2. The van der Waals surface area contributed by atoms with E-state index in [0.29, 0.717) is 0 Å². The third-order valence-corrected chi connectivity index (χ3v) is 4.52. The van der Waals surface area contributed by atoms with Crippen LogP contribution in [0.3, 0.4) is 0 Å². The van der Waals surface area contributed by atoms with Crippen LogP contribution in [0, 0.1) is 0 Å². The van der Waals surface area contributed by atoms with E-state index in [-0.39, 0.29) is 12.1 Å². The summed E-state index contributed by atoms with van der Waals surface area (Å²) in [5.41, 5.74) is 1.27. The fourth-order valence-corrected chi connectivity index (χ4v) is 3.47. The van der Waals surface area contributed by atoms with E-state index < -0.39 is 0 Å².